The van der Waals surface area contributed by atoms with Gasteiger partial charge >= 0.3 is 0 Å². The number of carbonyl (C=O) groups excluding carboxylic acids is 3. The minimum Gasteiger partial charge on any atom is -0.334 e. The number of carbonyl (C=O) groups is 3. The molecule has 0 spiro atoms. The molecule has 2 heterocycles. The number of piperazine rings is 1. The number of rotatable bonds is 6. The van der Waals surface area contributed by atoms with E-state index in [1.165, 1.54) is 45.4 Å². The number of hydrogen-bond acceptors (Lipinski definition) is 4. The van der Waals surface area contributed by atoms with Gasteiger partial charge in [-0.15, -0.1) is 0 Å². The summed E-state index contributed by atoms with van der Waals surface area (Å²) in [7, 11) is 0. The molecule has 2 fully saturated rings. The van der Waals surface area contributed by atoms with E-state index in [1.807, 2.05) is 6.33 Å². The maximum Gasteiger partial charge on any atom is 0.277 e. The highest BCUT2D eigenvalue weighted by Crippen LogP contribution is 2.28. The summed E-state index contributed by atoms with van der Waals surface area (Å²) < 4.78 is 2.16. The highest BCUT2D eigenvalue weighted by molar-refractivity contribution is 6.12. The van der Waals surface area contributed by atoms with Crippen molar-refractivity contribution in [2.45, 2.75) is 78.2 Å². The Hall–Kier alpha value is -2.44. The molecule has 7 heteroatoms. The molecule has 0 bridgehead atoms. The van der Waals surface area contributed by atoms with Crippen LogP contribution in [0.3, 0.4) is 0 Å². The topological polar surface area (TPSA) is 84.3 Å². The summed E-state index contributed by atoms with van der Waals surface area (Å²) in [5, 5.41) is 2.59. The number of amides is 3. The van der Waals surface area contributed by atoms with Crippen LogP contribution in [0.15, 0.2) is 12.0 Å². The molecule has 2 aliphatic rings. The van der Waals surface area contributed by atoms with E-state index in [2.05, 4.69) is 28.7 Å². The molecule has 158 valence electrons. The molecule has 1 aliphatic heterocycles. The number of imidazole rings is 1. The molecule has 1 aromatic rings. The number of nitrogens with zero attached hydrogens (tertiary/aromatic N) is 3. The van der Waals surface area contributed by atoms with Gasteiger partial charge in [0.1, 0.15) is 12.2 Å². The van der Waals surface area contributed by atoms with Crippen molar-refractivity contribution in [1.82, 2.24) is 19.8 Å². The molecule has 0 atom stereocenters. The van der Waals surface area contributed by atoms with Crippen LogP contribution in [0.2, 0.25) is 0 Å². The molecule has 3 amide bonds. The molecule has 1 aliphatic carbocycles. The number of hydrogen-bond donors (Lipinski definition) is 1. The Bertz CT molecular complexity index is 803. The van der Waals surface area contributed by atoms with Gasteiger partial charge in [0, 0.05) is 19.2 Å². The van der Waals surface area contributed by atoms with E-state index in [0.29, 0.717) is 5.69 Å². The third-order valence-electron chi connectivity index (χ3n) is 5.90. The first-order valence-corrected chi connectivity index (χ1v) is 10.8. The number of nitrogens with one attached hydrogen (secondary N) is 1. The Morgan fingerprint density at radius 2 is 2.00 bits per heavy atom. The lowest BCUT2D eigenvalue weighted by Gasteiger charge is -2.25. The summed E-state index contributed by atoms with van der Waals surface area (Å²) in [5.41, 5.74) is 1.82. The predicted molar refractivity (Wildman–Crippen MR) is 111 cm³/mol. The quantitative estimate of drug-likeness (QED) is 0.743. The van der Waals surface area contributed by atoms with Gasteiger partial charge in [-0.3, -0.25) is 19.3 Å². The van der Waals surface area contributed by atoms with Crippen LogP contribution in [-0.4, -0.2) is 38.7 Å². The van der Waals surface area contributed by atoms with Crippen LogP contribution < -0.4 is 5.32 Å². The van der Waals surface area contributed by atoms with Gasteiger partial charge in [-0.05, 0) is 30.8 Å². The lowest BCUT2D eigenvalue weighted by Crippen LogP contribution is -2.51. The molecule has 7 nitrogen and oxygen atoms in total. The van der Waals surface area contributed by atoms with E-state index in [1.54, 1.807) is 6.08 Å². The summed E-state index contributed by atoms with van der Waals surface area (Å²) in [6, 6.07) is 0. The van der Waals surface area contributed by atoms with Crippen LogP contribution >= 0.6 is 0 Å². The molecule has 1 saturated heterocycles. The van der Waals surface area contributed by atoms with Crippen LogP contribution in [-0.2, 0) is 20.9 Å². The van der Waals surface area contributed by atoms with Gasteiger partial charge in [0.15, 0.2) is 0 Å². The Labute approximate surface area is 172 Å². The molecule has 0 aromatic carbocycles. The largest absolute Gasteiger partial charge is 0.334 e. The molecule has 29 heavy (non-hydrogen) atoms. The SMILES string of the molecule is CC(=O)N1CC(=O)NC(=Cc2ncn(CCCC3CCCCC3)c2C(C)C)C1=O. The van der Waals surface area contributed by atoms with Gasteiger partial charge in [-0.1, -0.05) is 46.0 Å². The molecular formula is C22H32N4O3. The summed E-state index contributed by atoms with van der Waals surface area (Å²) in [5.74, 6) is -0.225. The Balaban J connectivity index is 1.75. The Morgan fingerprint density at radius 1 is 1.28 bits per heavy atom. The first-order chi connectivity index (χ1) is 13.9. The maximum atomic E-state index is 12.5. The van der Waals surface area contributed by atoms with E-state index in [9.17, 15) is 14.4 Å². The number of imide groups is 1. The second kappa shape index (κ2) is 9.37. The molecule has 0 radical (unpaired) electrons. The zero-order valence-electron chi connectivity index (χ0n) is 17.7. The third kappa shape index (κ3) is 5.14. The Morgan fingerprint density at radius 3 is 2.66 bits per heavy atom. The van der Waals surface area contributed by atoms with Gasteiger partial charge in [0.25, 0.3) is 5.91 Å². The van der Waals surface area contributed by atoms with Gasteiger partial charge < -0.3 is 9.88 Å². The van der Waals surface area contributed by atoms with E-state index in [0.717, 1.165) is 29.5 Å². The maximum absolute atomic E-state index is 12.5. The average molecular weight is 401 g/mol. The zero-order chi connectivity index (χ0) is 21.0. The second-order valence-corrected chi connectivity index (χ2v) is 8.53. The van der Waals surface area contributed by atoms with Crippen molar-refractivity contribution in [1.29, 1.82) is 0 Å². The lowest BCUT2D eigenvalue weighted by molar-refractivity contribution is -0.147. The summed E-state index contributed by atoms with van der Waals surface area (Å²) >= 11 is 0. The van der Waals surface area contributed by atoms with Crippen LogP contribution in [0.5, 0.6) is 0 Å². The molecular weight excluding hydrogens is 368 g/mol. The van der Waals surface area contributed by atoms with Crippen LogP contribution in [0.25, 0.3) is 6.08 Å². The van der Waals surface area contributed by atoms with Crippen molar-refractivity contribution in [3.05, 3.63) is 23.4 Å². The Kier molecular flexibility index (Phi) is 6.87. The molecule has 1 N–H and O–H groups in total. The summed E-state index contributed by atoms with van der Waals surface area (Å²) in [6.45, 7) is 6.15. The first kappa shape index (κ1) is 21.3. The fourth-order valence-electron chi connectivity index (χ4n) is 4.44. The van der Waals surface area contributed by atoms with Crippen molar-refractivity contribution in [2.75, 3.05) is 6.54 Å². The van der Waals surface area contributed by atoms with E-state index in [-0.39, 0.29) is 24.1 Å². The van der Waals surface area contributed by atoms with Crippen LogP contribution in [0.1, 0.15) is 83.0 Å². The van der Waals surface area contributed by atoms with Crippen LogP contribution in [0.4, 0.5) is 0 Å². The van der Waals surface area contributed by atoms with Gasteiger partial charge in [0.05, 0.1) is 12.0 Å². The highest BCUT2D eigenvalue weighted by atomic mass is 16.2. The summed E-state index contributed by atoms with van der Waals surface area (Å²) in [4.78, 5) is 41.6. The third-order valence-corrected chi connectivity index (χ3v) is 5.90. The van der Waals surface area contributed by atoms with Crippen molar-refractivity contribution in [2.24, 2.45) is 5.92 Å². The van der Waals surface area contributed by atoms with Gasteiger partial charge in [0.2, 0.25) is 11.8 Å². The molecule has 3 rings (SSSR count). The van der Waals surface area contributed by atoms with Crippen molar-refractivity contribution in [3.63, 3.8) is 0 Å². The minimum atomic E-state index is -0.487. The first-order valence-electron chi connectivity index (χ1n) is 10.8. The standard InChI is InChI=1S/C22H32N4O3/c1-15(2)21-18(12-19-22(29)26(16(3)27)13-20(28)24-19)23-14-25(21)11-7-10-17-8-5-4-6-9-17/h12,14-15,17H,4-11,13H2,1-3H3,(H,24,28). The van der Waals surface area contributed by atoms with Crippen LogP contribution in [0, 0.1) is 5.92 Å². The normalized spacial score (nSPS) is 19.9. The van der Waals surface area contributed by atoms with Crippen molar-refractivity contribution < 1.29 is 14.4 Å². The minimum absolute atomic E-state index is 0.103. The fraction of sp³-hybridized carbons (Fsp3) is 0.636. The summed E-state index contributed by atoms with van der Waals surface area (Å²) in [6.07, 6.45) is 12.6. The molecule has 1 aromatic heterocycles. The van der Waals surface area contributed by atoms with Crippen molar-refractivity contribution in [3.8, 4) is 0 Å². The van der Waals surface area contributed by atoms with Gasteiger partial charge in [-0.2, -0.15) is 0 Å². The van der Waals surface area contributed by atoms with Crippen molar-refractivity contribution >= 4 is 23.8 Å². The van der Waals surface area contributed by atoms with Gasteiger partial charge in [-0.25, -0.2) is 4.98 Å². The fourth-order valence-corrected chi connectivity index (χ4v) is 4.44. The lowest BCUT2D eigenvalue weighted by atomic mass is 9.86. The predicted octanol–water partition coefficient (Wildman–Crippen LogP) is 3.21. The number of aryl methyl sites for hydroxylation is 1. The van der Waals surface area contributed by atoms with E-state index in [4.69, 9.17) is 0 Å². The average Bonchev–Trinajstić information content (AvgIpc) is 3.07. The molecule has 1 saturated carbocycles. The monoisotopic (exact) mass is 400 g/mol. The number of aromatic nitrogens is 2. The highest BCUT2D eigenvalue weighted by Gasteiger charge is 2.31. The zero-order valence-corrected chi connectivity index (χ0v) is 17.7. The second-order valence-electron chi connectivity index (χ2n) is 8.53. The van der Waals surface area contributed by atoms with E-state index < -0.39 is 11.8 Å². The molecule has 0 unspecified atom stereocenters. The van der Waals surface area contributed by atoms with E-state index >= 15 is 0 Å². The smallest absolute Gasteiger partial charge is 0.277 e.